The van der Waals surface area contributed by atoms with Gasteiger partial charge in [-0.15, -0.1) is 0 Å². The normalized spacial score (nSPS) is 9.83. The monoisotopic (exact) mass is 337 g/mol. The predicted molar refractivity (Wildman–Crippen MR) is 93.3 cm³/mol. The topological polar surface area (TPSA) is 116 Å². The number of aromatic nitrogens is 1. The highest BCUT2D eigenvalue weighted by atomic mass is 32.2. The van der Waals surface area contributed by atoms with Crippen LogP contribution in [0.5, 0.6) is 0 Å². The van der Waals surface area contributed by atoms with E-state index >= 15 is 0 Å². The number of carbonyl (C=O) groups excluding carboxylic acids is 1. The van der Waals surface area contributed by atoms with Gasteiger partial charge in [0.25, 0.3) is 0 Å². The number of benzene rings is 1. The van der Waals surface area contributed by atoms with Crippen molar-refractivity contribution in [2.45, 2.75) is 18.9 Å². The molecule has 0 aliphatic rings. The molecular weight excluding hydrogens is 322 g/mol. The number of nitrogen functional groups attached to an aromatic ring is 1. The summed E-state index contributed by atoms with van der Waals surface area (Å²) >= 11 is 1.10. The molecule has 0 spiro atoms. The zero-order chi connectivity index (χ0) is 17.7. The van der Waals surface area contributed by atoms with E-state index in [0.29, 0.717) is 5.03 Å². The molecule has 0 saturated heterocycles. The molecule has 0 aliphatic carbocycles. The molecule has 0 aliphatic heterocycles. The van der Waals surface area contributed by atoms with Crippen LogP contribution in [0, 0.1) is 36.5 Å². The first-order valence-corrected chi connectivity index (χ1v) is 8.03. The summed E-state index contributed by atoms with van der Waals surface area (Å²) in [4.78, 5) is 16.1. The molecule has 1 amide bonds. The number of thioether (sulfide) groups is 1. The number of carbonyl (C=O) groups is 1. The van der Waals surface area contributed by atoms with Crippen LogP contribution in [0.3, 0.4) is 0 Å². The molecule has 0 saturated carbocycles. The number of rotatable bonds is 4. The Bertz CT molecular complexity index is 880. The average molecular weight is 337 g/mol. The number of nitrogens with zero attached hydrogens (tertiary/aromatic N) is 3. The van der Waals surface area contributed by atoms with Crippen LogP contribution in [0.1, 0.15) is 22.3 Å². The number of hydrogen-bond acceptors (Lipinski definition) is 6. The van der Waals surface area contributed by atoms with Gasteiger partial charge in [-0.1, -0.05) is 17.8 Å². The maximum absolute atomic E-state index is 12.1. The zero-order valence-electron chi connectivity index (χ0n) is 13.3. The minimum absolute atomic E-state index is 0.0496. The Morgan fingerprint density at radius 1 is 1.21 bits per heavy atom. The minimum Gasteiger partial charge on any atom is -0.383 e. The van der Waals surface area contributed by atoms with Gasteiger partial charge in [0.15, 0.2) is 0 Å². The Kier molecular flexibility index (Phi) is 5.41. The fraction of sp³-hybridized carbons (Fsp3) is 0.176. The molecule has 6 nitrogen and oxygen atoms in total. The minimum atomic E-state index is -0.211. The SMILES string of the molecule is Cc1ccc(NC(=O)CSc2nc(N)c(C#N)cc2C#N)cc1C. The van der Waals surface area contributed by atoms with Crippen molar-refractivity contribution in [1.29, 1.82) is 10.5 Å². The van der Waals surface area contributed by atoms with Crippen LogP contribution in [-0.4, -0.2) is 16.6 Å². The number of hydrogen-bond donors (Lipinski definition) is 2. The summed E-state index contributed by atoms with van der Waals surface area (Å²) in [6.07, 6.45) is 0. The van der Waals surface area contributed by atoms with E-state index in [4.69, 9.17) is 16.3 Å². The van der Waals surface area contributed by atoms with E-state index in [2.05, 4.69) is 10.3 Å². The molecular formula is C17H15N5OS. The Labute approximate surface area is 144 Å². The lowest BCUT2D eigenvalue weighted by Crippen LogP contribution is -2.14. The molecule has 24 heavy (non-hydrogen) atoms. The molecule has 0 radical (unpaired) electrons. The fourth-order valence-electron chi connectivity index (χ4n) is 1.94. The number of aryl methyl sites for hydroxylation is 2. The van der Waals surface area contributed by atoms with Gasteiger partial charge in [-0.3, -0.25) is 4.79 Å². The molecule has 0 fully saturated rings. The maximum Gasteiger partial charge on any atom is 0.234 e. The summed E-state index contributed by atoms with van der Waals surface area (Å²) in [5.41, 5.74) is 9.00. The Balaban J connectivity index is 2.06. The summed E-state index contributed by atoms with van der Waals surface area (Å²) in [6.45, 7) is 3.98. The van der Waals surface area contributed by atoms with Gasteiger partial charge in [-0.2, -0.15) is 10.5 Å². The number of pyridine rings is 1. The van der Waals surface area contributed by atoms with Gasteiger partial charge < -0.3 is 11.1 Å². The number of anilines is 2. The highest BCUT2D eigenvalue weighted by molar-refractivity contribution is 8.00. The molecule has 7 heteroatoms. The molecule has 1 aromatic carbocycles. The van der Waals surface area contributed by atoms with Gasteiger partial charge >= 0.3 is 0 Å². The first-order valence-electron chi connectivity index (χ1n) is 7.05. The Morgan fingerprint density at radius 3 is 2.54 bits per heavy atom. The van der Waals surface area contributed by atoms with Crippen molar-refractivity contribution >= 4 is 29.2 Å². The standard InChI is InChI=1S/C17H15N5OS/c1-10-3-4-14(5-11(10)2)21-15(23)9-24-17-13(8-19)6-12(7-18)16(20)22-17/h3-6H,9H2,1-2H3,(H2,20,22)(H,21,23). The Hall–Kier alpha value is -3.03. The summed E-state index contributed by atoms with van der Waals surface area (Å²) in [5, 5.41) is 21.2. The van der Waals surface area contributed by atoms with Crippen LogP contribution < -0.4 is 11.1 Å². The predicted octanol–water partition coefficient (Wildman–Crippen LogP) is 2.75. The molecule has 1 heterocycles. The number of nitrogens with two attached hydrogens (primary N) is 1. The molecule has 120 valence electrons. The van der Waals surface area contributed by atoms with Gasteiger partial charge in [0.1, 0.15) is 23.0 Å². The van der Waals surface area contributed by atoms with Crippen LogP contribution >= 0.6 is 11.8 Å². The van der Waals surface area contributed by atoms with Crippen molar-refractivity contribution < 1.29 is 4.79 Å². The third kappa shape index (κ3) is 4.03. The molecule has 0 unspecified atom stereocenters. The summed E-state index contributed by atoms with van der Waals surface area (Å²) < 4.78 is 0. The van der Waals surface area contributed by atoms with Gasteiger partial charge in [-0.25, -0.2) is 4.98 Å². The zero-order valence-corrected chi connectivity index (χ0v) is 14.1. The van der Waals surface area contributed by atoms with E-state index in [-0.39, 0.29) is 28.6 Å². The van der Waals surface area contributed by atoms with Gasteiger partial charge in [0, 0.05) is 5.69 Å². The molecule has 3 N–H and O–H groups in total. The lowest BCUT2D eigenvalue weighted by atomic mass is 10.1. The highest BCUT2D eigenvalue weighted by Crippen LogP contribution is 2.24. The summed E-state index contributed by atoms with van der Waals surface area (Å²) in [5.74, 6) is -0.0784. The summed E-state index contributed by atoms with van der Waals surface area (Å²) in [7, 11) is 0. The van der Waals surface area contributed by atoms with E-state index in [9.17, 15) is 4.79 Å². The smallest absolute Gasteiger partial charge is 0.234 e. The van der Waals surface area contributed by atoms with Crippen molar-refractivity contribution in [2.24, 2.45) is 0 Å². The van der Waals surface area contributed by atoms with Gasteiger partial charge in [0.2, 0.25) is 5.91 Å². The second-order valence-electron chi connectivity index (χ2n) is 5.13. The first-order chi connectivity index (χ1) is 11.4. The first kappa shape index (κ1) is 17.3. The van der Waals surface area contributed by atoms with Gasteiger partial charge in [-0.05, 0) is 43.2 Å². The fourth-order valence-corrected chi connectivity index (χ4v) is 2.70. The van der Waals surface area contributed by atoms with E-state index in [1.807, 2.05) is 44.2 Å². The van der Waals surface area contributed by atoms with Crippen LogP contribution in [-0.2, 0) is 4.79 Å². The lowest BCUT2D eigenvalue weighted by molar-refractivity contribution is -0.113. The Morgan fingerprint density at radius 2 is 1.92 bits per heavy atom. The lowest BCUT2D eigenvalue weighted by Gasteiger charge is -2.08. The molecule has 0 atom stereocenters. The van der Waals surface area contributed by atoms with Crippen molar-refractivity contribution in [3.05, 3.63) is 46.5 Å². The van der Waals surface area contributed by atoms with Gasteiger partial charge in [0.05, 0.1) is 16.9 Å². The van der Waals surface area contributed by atoms with Crippen LogP contribution in [0.25, 0.3) is 0 Å². The van der Waals surface area contributed by atoms with Crippen molar-refractivity contribution in [1.82, 2.24) is 4.98 Å². The second kappa shape index (κ2) is 7.49. The molecule has 2 aromatic rings. The number of amides is 1. The third-order valence-corrected chi connectivity index (χ3v) is 4.38. The van der Waals surface area contributed by atoms with Crippen molar-refractivity contribution in [2.75, 3.05) is 16.8 Å². The number of nitrogens with one attached hydrogen (secondary N) is 1. The van der Waals surface area contributed by atoms with E-state index in [0.717, 1.165) is 28.6 Å². The summed E-state index contributed by atoms with van der Waals surface area (Å²) in [6, 6.07) is 10.9. The van der Waals surface area contributed by atoms with Crippen LogP contribution in [0.2, 0.25) is 0 Å². The van der Waals surface area contributed by atoms with E-state index in [1.165, 1.54) is 6.07 Å². The van der Waals surface area contributed by atoms with Crippen molar-refractivity contribution in [3.8, 4) is 12.1 Å². The number of nitriles is 2. The molecule has 1 aromatic heterocycles. The molecule has 2 rings (SSSR count). The molecule has 0 bridgehead atoms. The van der Waals surface area contributed by atoms with Crippen LogP contribution in [0.4, 0.5) is 11.5 Å². The van der Waals surface area contributed by atoms with E-state index < -0.39 is 0 Å². The second-order valence-corrected chi connectivity index (χ2v) is 6.10. The highest BCUT2D eigenvalue weighted by Gasteiger charge is 2.12. The third-order valence-electron chi connectivity index (χ3n) is 3.39. The maximum atomic E-state index is 12.1. The largest absolute Gasteiger partial charge is 0.383 e. The average Bonchev–Trinajstić information content (AvgIpc) is 2.56. The van der Waals surface area contributed by atoms with Crippen LogP contribution in [0.15, 0.2) is 29.3 Å². The quantitative estimate of drug-likeness (QED) is 0.829. The van der Waals surface area contributed by atoms with Crippen molar-refractivity contribution in [3.63, 3.8) is 0 Å². The van der Waals surface area contributed by atoms with E-state index in [1.54, 1.807) is 0 Å².